The van der Waals surface area contributed by atoms with E-state index in [1.165, 1.54) is 6.92 Å². The number of nitrogens with zero attached hydrogens (tertiary/aromatic N) is 1. The summed E-state index contributed by atoms with van der Waals surface area (Å²) in [6.07, 6.45) is 2.06. The first kappa shape index (κ1) is 20.2. The van der Waals surface area contributed by atoms with Crippen LogP contribution in [0.25, 0.3) is 0 Å². The van der Waals surface area contributed by atoms with Crippen molar-refractivity contribution < 1.29 is 14.3 Å². The third-order valence-electron chi connectivity index (χ3n) is 3.95. The molecular weight excluding hydrogens is 304 g/mol. The van der Waals surface area contributed by atoms with Gasteiger partial charge in [0, 0.05) is 24.6 Å². The molecule has 0 saturated heterocycles. The molecule has 5 nitrogen and oxygen atoms in total. The van der Waals surface area contributed by atoms with E-state index >= 15 is 0 Å². The van der Waals surface area contributed by atoms with Crippen LogP contribution in [0.4, 0.5) is 0 Å². The summed E-state index contributed by atoms with van der Waals surface area (Å²) in [6.45, 7) is 7.99. The summed E-state index contributed by atoms with van der Waals surface area (Å²) in [7, 11) is 2.09. The van der Waals surface area contributed by atoms with Crippen molar-refractivity contribution in [3.05, 3.63) is 29.8 Å². The van der Waals surface area contributed by atoms with Crippen LogP contribution >= 0.6 is 0 Å². The summed E-state index contributed by atoms with van der Waals surface area (Å²) in [5.41, 5.74) is 0.636. The van der Waals surface area contributed by atoms with Crippen LogP contribution in [0.3, 0.4) is 0 Å². The van der Waals surface area contributed by atoms with Crippen molar-refractivity contribution in [2.75, 3.05) is 26.7 Å². The molecule has 1 N–H and O–H groups in total. The standard InChI is InChI=1S/C19H30N2O3/c1-15(2)21(4)12-7-11-20-19(23)10-6-13-24-18-9-5-8-17(14-18)16(3)22/h5,8-9,14-15H,6-7,10-13H2,1-4H3,(H,20,23). The minimum absolute atomic E-state index is 0.0166. The Morgan fingerprint density at radius 2 is 2.00 bits per heavy atom. The molecule has 134 valence electrons. The molecule has 0 heterocycles. The Morgan fingerprint density at radius 3 is 2.67 bits per heavy atom. The van der Waals surface area contributed by atoms with Crippen molar-refractivity contribution in [3.63, 3.8) is 0 Å². The summed E-state index contributed by atoms with van der Waals surface area (Å²) < 4.78 is 5.59. The fourth-order valence-electron chi connectivity index (χ4n) is 2.13. The lowest BCUT2D eigenvalue weighted by Crippen LogP contribution is -2.31. The van der Waals surface area contributed by atoms with Gasteiger partial charge in [0.15, 0.2) is 5.78 Å². The molecule has 0 aliphatic heterocycles. The summed E-state index contributed by atoms with van der Waals surface area (Å²) >= 11 is 0. The maximum atomic E-state index is 11.8. The first-order valence-corrected chi connectivity index (χ1v) is 8.61. The molecule has 0 bridgehead atoms. The largest absolute Gasteiger partial charge is 0.494 e. The maximum absolute atomic E-state index is 11.8. The van der Waals surface area contributed by atoms with Crippen LogP contribution in [0.15, 0.2) is 24.3 Å². The first-order chi connectivity index (χ1) is 11.4. The van der Waals surface area contributed by atoms with Gasteiger partial charge >= 0.3 is 0 Å². The van der Waals surface area contributed by atoms with E-state index in [0.717, 1.165) is 13.0 Å². The molecule has 24 heavy (non-hydrogen) atoms. The highest BCUT2D eigenvalue weighted by molar-refractivity contribution is 5.94. The Bertz CT molecular complexity index is 529. The molecule has 1 aromatic rings. The van der Waals surface area contributed by atoms with E-state index in [1.807, 2.05) is 6.07 Å². The van der Waals surface area contributed by atoms with Crippen LogP contribution < -0.4 is 10.1 Å². The summed E-state index contributed by atoms with van der Waals surface area (Å²) in [6, 6.07) is 7.64. The average molecular weight is 334 g/mol. The zero-order chi connectivity index (χ0) is 17.9. The van der Waals surface area contributed by atoms with E-state index in [-0.39, 0.29) is 11.7 Å². The van der Waals surface area contributed by atoms with Gasteiger partial charge in [-0.3, -0.25) is 9.59 Å². The summed E-state index contributed by atoms with van der Waals surface area (Å²) in [5.74, 6) is 0.742. The Kier molecular flexibility index (Phi) is 9.08. The van der Waals surface area contributed by atoms with E-state index in [9.17, 15) is 9.59 Å². The number of ether oxygens (including phenoxy) is 1. The number of nitrogens with one attached hydrogen (secondary N) is 1. The van der Waals surface area contributed by atoms with E-state index in [4.69, 9.17) is 4.74 Å². The van der Waals surface area contributed by atoms with Gasteiger partial charge in [0.1, 0.15) is 5.75 Å². The Labute approximate surface area is 145 Å². The van der Waals surface area contributed by atoms with Gasteiger partial charge in [-0.1, -0.05) is 12.1 Å². The molecule has 0 spiro atoms. The molecule has 5 heteroatoms. The number of Topliss-reactive ketones (excluding diaryl/α,β-unsaturated/α-hetero) is 1. The molecule has 1 rings (SSSR count). The van der Waals surface area contributed by atoms with Crippen LogP contribution in [-0.4, -0.2) is 49.4 Å². The Morgan fingerprint density at radius 1 is 1.25 bits per heavy atom. The van der Waals surface area contributed by atoms with Crippen LogP contribution in [0, 0.1) is 0 Å². The number of rotatable bonds is 11. The molecular formula is C19H30N2O3. The van der Waals surface area contributed by atoms with Crippen LogP contribution in [0.2, 0.25) is 0 Å². The number of hydrogen-bond acceptors (Lipinski definition) is 4. The van der Waals surface area contributed by atoms with Crippen LogP contribution in [-0.2, 0) is 4.79 Å². The molecule has 0 unspecified atom stereocenters. The second kappa shape index (κ2) is 10.8. The smallest absolute Gasteiger partial charge is 0.220 e. The fraction of sp³-hybridized carbons (Fsp3) is 0.579. The monoisotopic (exact) mass is 334 g/mol. The molecule has 0 aromatic heterocycles. The van der Waals surface area contributed by atoms with Crippen molar-refractivity contribution >= 4 is 11.7 Å². The highest BCUT2D eigenvalue weighted by Gasteiger charge is 2.05. The van der Waals surface area contributed by atoms with Gasteiger partial charge < -0.3 is 15.0 Å². The minimum atomic E-state index is 0.0166. The summed E-state index contributed by atoms with van der Waals surface area (Å²) in [5, 5.41) is 2.93. The molecule has 0 fully saturated rings. The van der Waals surface area contributed by atoms with E-state index in [0.29, 0.717) is 43.3 Å². The number of hydrogen-bond donors (Lipinski definition) is 1. The van der Waals surface area contributed by atoms with Crippen molar-refractivity contribution in [2.45, 2.75) is 46.1 Å². The van der Waals surface area contributed by atoms with Gasteiger partial charge in [0.2, 0.25) is 5.91 Å². The quantitative estimate of drug-likeness (QED) is 0.499. The minimum Gasteiger partial charge on any atom is -0.494 e. The highest BCUT2D eigenvalue weighted by atomic mass is 16.5. The average Bonchev–Trinajstić information content (AvgIpc) is 2.55. The van der Waals surface area contributed by atoms with Crippen molar-refractivity contribution in [1.29, 1.82) is 0 Å². The zero-order valence-electron chi connectivity index (χ0n) is 15.3. The molecule has 0 aliphatic rings. The lowest BCUT2D eigenvalue weighted by molar-refractivity contribution is -0.121. The van der Waals surface area contributed by atoms with E-state index in [2.05, 4.69) is 31.1 Å². The fourth-order valence-corrected chi connectivity index (χ4v) is 2.13. The van der Waals surface area contributed by atoms with Crippen molar-refractivity contribution in [3.8, 4) is 5.75 Å². The predicted octanol–water partition coefficient (Wildman–Crippen LogP) is 2.89. The second-order valence-corrected chi connectivity index (χ2v) is 6.31. The van der Waals surface area contributed by atoms with Gasteiger partial charge in [-0.2, -0.15) is 0 Å². The maximum Gasteiger partial charge on any atom is 0.220 e. The zero-order valence-corrected chi connectivity index (χ0v) is 15.3. The number of carbonyl (C=O) groups excluding carboxylic acids is 2. The number of benzene rings is 1. The van der Waals surface area contributed by atoms with Gasteiger partial charge in [-0.15, -0.1) is 0 Å². The number of amides is 1. The van der Waals surface area contributed by atoms with Gasteiger partial charge in [-0.05, 0) is 59.3 Å². The highest BCUT2D eigenvalue weighted by Crippen LogP contribution is 2.14. The third kappa shape index (κ3) is 8.11. The predicted molar refractivity (Wildman–Crippen MR) is 96.6 cm³/mol. The topological polar surface area (TPSA) is 58.6 Å². The lowest BCUT2D eigenvalue weighted by atomic mass is 10.1. The molecule has 0 atom stereocenters. The third-order valence-corrected chi connectivity index (χ3v) is 3.95. The summed E-state index contributed by atoms with van der Waals surface area (Å²) in [4.78, 5) is 25.3. The van der Waals surface area contributed by atoms with Crippen LogP contribution in [0.5, 0.6) is 5.75 Å². The number of carbonyl (C=O) groups is 2. The SMILES string of the molecule is CC(=O)c1cccc(OCCCC(=O)NCCCN(C)C(C)C)c1. The van der Waals surface area contributed by atoms with Crippen LogP contribution in [0.1, 0.15) is 50.4 Å². The van der Waals surface area contributed by atoms with Gasteiger partial charge in [0.25, 0.3) is 0 Å². The van der Waals surface area contributed by atoms with Gasteiger partial charge in [-0.25, -0.2) is 0 Å². The second-order valence-electron chi connectivity index (χ2n) is 6.31. The molecule has 0 aliphatic carbocycles. The lowest BCUT2D eigenvalue weighted by Gasteiger charge is -2.20. The molecule has 1 aromatic carbocycles. The van der Waals surface area contributed by atoms with Crippen molar-refractivity contribution in [2.24, 2.45) is 0 Å². The van der Waals surface area contributed by atoms with Gasteiger partial charge in [0.05, 0.1) is 6.61 Å². The Balaban J connectivity index is 2.13. The normalized spacial score (nSPS) is 10.9. The van der Waals surface area contributed by atoms with E-state index < -0.39 is 0 Å². The van der Waals surface area contributed by atoms with E-state index in [1.54, 1.807) is 18.2 Å². The molecule has 1 amide bonds. The molecule has 0 radical (unpaired) electrons. The molecule has 0 saturated carbocycles. The first-order valence-electron chi connectivity index (χ1n) is 8.61. The Hall–Kier alpha value is -1.88. The van der Waals surface area contributed by atoms with Crippen molar-refractivity contribution in [1.82, 2.24) is 10.2 Å². The number of ketones is 1.